The highest BCUT2D eigenvalue weighted by Crippen LogP contribution is 2.19. The van der Waals surface area contributed by atoms with Gasteiger partial charge in [0.15, 0.2) is 5.83 Å². The summed E-state index contributed by atoms with van der Waals surface area (Å²) in [6.07, 6.45) is 2.61. The van der Waals surface area contributed by atoms with Gasteiger partial charge in [0.1, 0.15) is 0 Å². The number of allylic oxidation sites excluding steroid dienone is 4. The van der Waals surface area contributed by atoms with Crippen LogP contribution in [0.1, 0.15) is 6.42 Å². The van der Waals surface area contributed by atoms with Crippen LogP contribution in [0.5, 0.6) is 0 Å². The van der Waals surface area contributed by atoms with E-state index in [4.69, 9.17) is 0 Å². The van der Waals surface area contributed by atoms with Crippen LogP contribution in [0.3, 0.4) is 0 Å². The lowest BCUT2D eigenvalue weighted by Gasteiger charge is -1.91. The standard InChI is InChI=1S/C7H5FN2O4/c8-6-3-1-2-5(9(11)12)4-7(6)10(13)14/h2-4H,1H2. The van der Waals surface area contributed by atoms with Crippen LogP contribution in [0.15, 0.2) is 35.4 Å². The van der Waals surface area contributed by atoms with Gasteiger partial charge in [0.25, 0.3) is 5.70 Å². The monoisotopic (exact) mass is 200 g/mol. The average Bonchev–Trinajstić information content (AvgIpc) is 2.26. The van der Waals surface area contributed by atoms with E-state index in [9.17, 15) is 24.6 Å². The van der Waals surface area contributed by atoms with Gasteiger partial charge in [0.05, 0.1) is 15.9 Å². The maximum atomic E-state index is 12.9. The number of halogens is 1. The summed E-state index contributed by atoms with van der Waals surface area (Å²) in [7, 11) is 0. The van der Waals surface area contributed by atoms with Crippen molar-refractivity contribution in [3.8, 4) is 0 Å². The Bertz CT molecular complexity index is 383. The second kappa shape index (κ2) is 3.77. The lowest BCUT2D eigenvalue weighted by molar-refractivity contribution is -0.432. The van der Waals surface area contributed by atoms with E-state index in [1.165, 1.54) is 0 Å². The zero-order valence-corrected chi connectivity index (χ0v) is 6.84. The van der Waals surface area contributed by atoms with E-state index in [2.05, 4.69) is 0 Å². The molecule has 0 aromatic heterocycles. The topological polar surface area (TPSA) is 86.3 Å². The Hall–Kier alpha value is -2.05. The van der Waals surface area contributed by atoms with E-state index in [1.54, 1.807) is 0 Å². The molecule has 6 nitrogen and oxygen atoms in total. The third kappa shape index (κ3) is 2.00. The molecule has 0 N–H and O–H groups in total. The zero-order valence-electron chi connectivity index (χ0n) is 6.84. The molecule has 0 bridgehead atoms. The van der Waals surface area contributed by atoms with Gasteiger partial charge in [-0.3, -0.25) is 20.2 Å². The van der Waals surface area contributed by atoms with Crippen molar-refractivity contribution in [2.24, 2.45) is 0 Å². The van der Waals surface area contributed by atoms with Crippen LogP contribution < -0.4 is 0 Å². The van der Waals surface area contributed by atoms with Crippen molar-refractivity contribution in [3.63, 3.8) is 0 Å². The summed E-state index contributed by atoms with van der Waals surface area (Å²) in [6, 6.07) is 0. The van der Waals surface area contributed by atoms with Gasteiger partial charge >= 0.3 is 5.70 Å². The molecular formula is C7H5FN2O4. The molecule has 0 amide bonds. The third-order valence-corrected chi connectivity index (χ3v) is 1.56. The fourth-order valence-electron chi connectivity index (χ4n) is 0.923. The van der Waals surface area contributed by atoms with Crippen molar-refractivity contribution >= 4 is 0 Å². The predicted octanol–water partition coefficient (Wildman–Crippen LogP) is 1.56. The van der Waals surface area contributed by atoms with Gasteiger partial charge in [0, 0.05) is 0 Å². The Morgan fingerprint density at radius 2 is 1.86 bits per heavy atom. The molecule has 1 aliphatic rings. The minimum atomic E-state index is -1.05. The number of hydrogen-bond acceptors (Lipinski definition) is 4. The molecule has 0 fully saturated rings. The quantitative estimate of drug-likeness (QED) is 0.500. The molecule has 74 valence electrons. The number of nitrogens with zero attached hydrogens (tertiary/aromatic N) is 2. The van der Waals surface area contributed by atoms with Gasteiger partial charge in [-0.1, -0.05) is 0 Å². The highest BCUT2D eigenvalue weighted by molar-refractivity contribution is 5.29. The molecule has 0 aromatic carbocycles. The molecule has 0 unspecified atom stereocenters. The summed E-state index contributed by atoms with van der Waals surface area (Å²) in [4.78, 5) is 18.8. The Morgan fingerprint density at radius 3 is 2.36 bits per heavy atom. The lowest BCUT2D eigenvalue weighted by atomic mass is 10.3. The zero-order chi connectivity index (χ0) is 10.7. The first-order valence-corrected chi connectivity index (χ1v) is 3.59. The van der Waals surface area contributed by atoms with Crippen LogP contribution in [-0.2, 0) is 0 Å². The largest absolute Gasteiger partial charge is 0.311 e. The van der Waals surface area contributed by atoms with Crippen molar-refractivity contribution in [3.05, 3.63) is 55.7 Å². The van der Waals surface area contributed by atoms with Gasteiger partial charge in [-0.05, 0) is 18.6 Å². The minimum absolute atomic E-state index is 0.0318. The summed E-state index contributed by atoms with van der Waals surface area (Å²) >= 11 is 0. The van der Waals surface area contributed by atoms with Crippen LogP contribution in [0.4, 0.5) is 4.39 Å². The summed E-state index contributed by atoms with van der Waals surface area (Å²) in [5.41, 5.74) is -1.36. The van der Waals surface area contributed by atoms with Gasteiger partial charge in [0.2, 0.25) is 0 Å². The summed E-state index contributed by atoms with van der Waals surface area (Å²) in [5, 5.41) is 20.6. The van der Waals surface area contributed by atoms with E-state index >= 15 is 0 Å². The summed E-state index contributed by atoms with van der Waals surface area (Å²) in [5.74, 6) is -1.05. The fourth-order valence-corrected chi connectivity index (χ4v) is 0.923. The first-order valence-electron chi connectivity index (χ1n) is 3.59. The van der Waals surface area contributed by atoms with E-state index in [-0.39, 0.29) is 6.42 Å². The maximum absolute atomic E-state index is 12.9. The molecule has 0 aromatic rings. The first kappa shape index (κ1) is 10.0. The Labute approximate surface area is 77.3 Å². The van der Waals surface area contributed by atoms with Gasteiger partial charge in [-0.2, -0.15) is 4.39 Å². The van der Waals surface area contributed by atoms with E-state index in [1.807, 2.05) is 0 Å². The van der Waals surface area contributed by atoms with Crippen molar-refractivity contribution in [1.29, 1.82) is 0 Å². The van der Waals surface area contributed by atoms with E-state index in [0.29, 0.717) is 6.08 Å². The number of nitro groups is 2. The predicted molar refractivity (Wildman–Crippen MR) is 44.0 cm³/mol. The SMILES string of the molecule is O=[N+]([O-])C1=CCC=C(F)C([N+](=O)[O-])=C1. The third-order valence-electron chi connectivity index (χ3n) is 1.56. The van der Waals surface area contributed by atoms with Crippen molar-refractivity contribution in [1.82, 2.24) is 0 Å². The molecule has 0 radical (unpaired) electrons. The Morgan fingerprint density at radius 1 is 1.21 bits per heavy atom. The van der Waals surface area contributed by atoms with E-state index in [0.717, 1.165) is 12.2 Å². The van der Waals surface area contributed by atoms with Crippen LogP contribution in [0.25, 0.3) is 0 Å². The van der Waals surface area contributed by atoms with E-state index < -0.39 is 27.1 Å². The molecule has 0 aliphatic heterocycles. The molecular weight excluding hydrogens is 195 g/mol. The number of rotatable bonds is 2. The van der Waals surface area contributed by atoms with Gasteiger partial charge in [-0.15, -0.1) is 0 Å². The smallest absolute Gasteiger partial charge is 0.258 e. The normalized spacial score (nSPS) is 16.2. The van der Waals surface area contributed by atoms with Crippen LogP contribution in [0.2, 0.25) is 0 Å². The minimum Gasteiger partial charge on any atom is -0.258 e. The van der Waals surface area contributed by atoms with Gasteiger partial charge < -0.3 is 0 Å². The fraction of sp³-hybridized carbons (Fsp3) is 0.143. The maximum Gasteiger partial charge on any atom is 0.311 e. The highest BCUT2D eigenvalue weighted by atomic mass is 19.1. The van der Waals surface area contributed by atoms with Gasteiger partial charge in [-0.25, -0.2) is 0 Å². The second-order valence-electron chi connectivity index (χ2n) is 2.46. The van der Waals surface area contributed by atoms with Crippen LogP contribution >= 0.6 is 0 Å². The van der Waals surface area contributed by atoms with Crippen molar-refractivity contribution in [2.75, 3.05) is 0 Å². The second-order valence-corrected chi connectivity index (χ2v) is 2.46. The van der Waals surface area contributed by atoms with Crippen molar-refractivity contribution in [2.45, 2.75) is 6.42 Å². The van der Waals surface area contributed by atoms with Crippen molar-refractivity contribution < 1.29 is 14.2 Å². The molecule has 0 spiro atoms. The summed E-state index contributed by atoms with van der Waals surface area (Å²) in [6.45, 7) is 0. The Kier molecular flexibility index (Phi) is 2.70. The molecule has 0 atom stereocenters. The first-order chi connectivity index (χ1) is 6.52. The number of hydrogen-bond donors (Lipinski definition) is 0. The van der Waals surface area contributed by atoms with Crippen LogP contribution in [0, 0.1) is 20.2 Å². The van der Waals surface area contributed by atoms with Crippen LogP contribution in [-0.4, -0.2) is 9.85 Å². The molecule has 0 heterocycles. The molecule has 0 saturated heterocycles. The average molecular weight is 200 g/mol. The molecule has 14 heavy (non-hydrogen) atoms. The highest BCUT2D eigenvalue weighted by Gasteiger charge is 2.23. The molecule has 1 rings (SSSR count). The molecule has 7 heteroatoms. The molecule has 1 aliphatic carbocycles. The lowest BCUT2D eigenvalue weighted by Crippen LogP contribution is -2.02. The molecule has 0 saturated carbocycles. The Balaban J connectivity index is 3.15. The summed E-state index contributed by atoms with van der Waals surface area (Å²) < 4.78 is 12.9.